The minimum Gasteiger partial charge on any atom is -0.329 e. The van der Waals surface area contributed by atoms with Crippen LogP contribution in [0.1, 0.15) is 19.3 Å². The summed E-state index contributed by atoms with van der Waals surface area (Å²) in [7, 11) is 0. The molecule has 1 atom stereocenters. The maximum absolute atomic E-state index is 5.91. The molecule has 2 aliphatic heterocycles. The smallest absolute Gasteiger partial charge is 0.122 e. The van der Waals surface area contributed by atoms with Gasteiger partial charge in [-0.3, -0.25) is 9.89 Å². The molecule has 0 radical (unpaired) electrons. The summed E-state index contributed by atoms with van der Waals surface area (Å²) in [5.41, 5.74) is 1.17. The molecule has 0 aliphatic carbocycles. The van der Waals surface area contributed by atoms with Gasteiger partial charge in [-0.05, 0) is 37.1 Å². The van der Waals surface area contributed by atoms with E-state index in [4.69, 9.17) is 11.6 Å². The van der Waals surface area contributed by atoms with Gasteiger partial charge in [-0.25, -0.2) is 0 Å². The van der Waals surface area contributed by atoms with Crippen LogP contribution in [-0.2, 0) is 0 Å². The summed E-state index contributed by atoms with van der Waals surface area (Å²) in [5.74, 6) is 0. The number of halogens is 1. The average Bonchev–Trinajstić information content (AvgIpc) is 2.90. The highest BCUT2D eigenvalue weighted by atomic mass is 35.5. The number of aliphatic imine (C=N–C) groups is 1. The van der Waals surface area contributed by atoms with E-state index in [0.29, 0.717) is 6.17 Å². The second-order valence-corrected chi connectivity index (χ2v) is 5.41. The molecular weight excluding hydrogens is 246 g/mol. The number of hydrogen-bond acceptors (Lipinski definition) is 3. The third-order valence-electron chi connectivity index (χ3n) is 3.71. The molecular formula is C14H18ClN3. The third-order valence-corrected chi connectivity index (χ3v) is 3.96. The van der Waals surface area contributed by atoms with Gasteiger partial charge < -0.3 is 4.90 Å². The topological polar surface area (TPSA) is 18.8 Å². The number of hydrogen-bond donors (Lipinski definition) is 0. The minimum absolute atomic E-state index is 0.334. The lowest BCUT2D eigenvalue weighted by atomic mass is 10.1. The van der Waals surface area contributed by atoms with Crippen molar-refractivity contribution in [3.8, 4) is 0 Å². The standard InChI is InChI=1S/C14H18ClN3/c15-12-4-6-13(7-5-12)18-10-14(16-11-18)17-8-2-1-3-9-17/h4-7,11,14H,1-3,8-10H2. The molecule has 0 N–H and O–H groups in total. The van der Waals surface area contributed by atoms with E-state index in [-0.39, 0.29) is 0 Å². The zero-order chi connectivity index (χ0) is 12.4. The van der Waals surface area contributed by atoms with Gasteiger partial charge in [0.15, 0.2) is 0 Å². The summed E-state index contributed by atoms with van der Waals surface area (Å²) >= 11 is 5.91. The summed E-state index contributed by atoms with van der Waals surface area (Å²) in [6.07, 6.45) is 6.29. The second-order valence-electron chi connectivity index (χ2n) is 4.97. The highest BCUT2D eigenvalue weighted by molar-refractivity contribution is 6.30. The second kappa shape index (κ2) is 5.29. The number of benzene rings is 1. The molecule has 1 saturated heterocycles. The molecule has 4 heteroatoms. The van der Waals surface area contributed by atoms with Gasteiger partial charge in [-0.1, -0.05) is 18.0 Å². The Labute approximate surface area is 113 Å². The Hall–Kier alpha value is -1.06. The monoisotopic (exact) mass is 263 g/mol. The summed E-state index contributed by atoms with van der Waals surface area (Å²) in [4.78, 5) is 9.33. The van der Waals surface area contributed by atoms with Crippen LogP contribution in [0.3, 0.4) is 0 Å². The Bertz CT molecular complexity index is 423. The highest BCUT2D eigenvalue weighted by Crippen LogP contribution is 2.22. The predicted octanol–water partition coefficient (Wildman–Crippen LogP) is 3.00. The van der Waals surface area contributed by atoms with Crippen LogP contribution >= 0.6 is 11.6 Å². The van der Waals surface area contributed by atoms with E-state index in [0.717, 1.165) is 11.6 Å². The fraction of sp³-hybridized carbons (Fsp3) is 0.500. The van der Waals surface area contributed by atoms with E-state index in [2.05, 4.69) is 14.8 Å². The number of piperidine rings is 1. The first-order valence-corrected chi connectivity index (χ1v) is 7.00. The van der Waals surface area contributed by atoms with Crippen LogP contribution < -0.4 is 4.90 Å². The Balaban J connectivity index is 1.64. The van der Waals surface area contributed by atoms with Gasteiger partial charge in [0.25, 0.3) is 0 Å². The molecule has 0 amide bonds. The highest BCUT2D eigenvalue weighted by Gasteiger charge is 2.25. The lowest BCUT2D eigenvalue weighted by Gasteiger charge is -2.30. The molecule has 1 fully saturated rings. The van der Waals surface area contributed by atoms with Gasteiger partial charge >= 0.3 is 0 Å². The van der Waals surface area contributed by atoms with Gasteiger partial charge in [0.2, 0.25) is 0 Å². The van der Waals surface area contributed by atoms with Crippen molar-refractivity contribution >= 4 is 23.6 Å². The van der Waals surface area contributed by atoms with Crippen molar-refractivity contribution in [3.05, 3.63) is 29.3 Å². The number of rotatable bonds is 2. The summed E-state index contributed by atoms with van der Waals surface area (Å²) < 4.78 is 0. The maximum Gasteiger partial charge on any atom is 0.122 e. The minimum atomic E-state index is 0.334. The molecule has 1 unspecified atom stereocenters. The molecule has 3 rings (SSSR count). The average molecular weight is 264 g/mol. The molecule has 1 aromatic rings. The first-order valence-electron chi connectivity index (χ1n) is 6.62. The molecule has 96 valence electrons. The van der Waals surface area contributed by atoms with Crippen LogP contribution in [0, 0.1) is 0 Å². The van der Waals surface area contributed by atoms with Gasteiger partial charge in [-0.15, -0.1) is 0 Å². The molecule has 0 saturated carbocycles. The first kappa shape index (κ1) is 12.0. The van der Waals surface area contributed by atoms with Crippen molar-refractivity contribution in [3.63, 3.8) is 0 Å². The van der Waals surface area contributed by atoms with E-state index in [1.54, 1.807) is 0 Å². The Morgan fingerprint density at radius 1 is 1.06 bits per heavy atom. The van der Waals surface area contributed by atoms with Gasteiger partial charge in [-0.2, -0.15) is 0 Å². The molecule has 0 aromatic heterocycles. The third kappa shape index (κ3) is 2.52. The van der Waals surface area contributed by atoms with E-state index in [9.17, 15) is 0 Å². The van der Waals surface area contributed by atoms with Crippen molar-refractivity contribution in [1.82, 2.24) is 4.90 Å². The SMILES string of the molecule is Clc1ccc(N2C=NC(N3CCCCC3)C2)cc1. The quantitative estimate of drug-likeness (QED) is 0.817. The fourth-order valence-electron chi connectivity index (χ4n) is 2.66. The van der Waals surface area contributed by atoms with Crippen molar-refractivity contribution in [2.45, 2.75) is 25.4 Å². The molecule has 2 heterocycles. The summed E-state index contributed by atoms with van der Waals surface area (Å²) in [6, 6.07) is 7.96. The van der Waals surface area contributed by atoms with Crippen LogP contribution in [0.4, 0.5) is 5.69 Å². The van der Waals surface area contributed by atoms with Crippen LogP contribution in [0.5, 0.6) is 0 Å². The molecule has 2 aliphatic rings. The molecule has 0 spiro atoms. The van der Waals surface area contributed by atoms with E-state index in [1.165, 1.54) is 38.0 Å². The zero-order valence-electron chi connectivity index (χ0n) is 10.4. The molecule has 3 nitrogen and oxygen atoms in total. The van der Waals surface area contributed by atoms with Crippen molar-refractivity contribution in [2.75, 3.05) is 24.5 Å². The van der Waals surface area contributed by atoms with Crippen molar-refractivity contribution < 1.29 is 0 Å². The Morgan fingerprint density at radius 3 is 2.50 bits per heavy atom. The van der Waals surface area contributed by atoms with Crippen molar-refractivity contribution in [1.29, 1.82) is 0 Å². The van der Waals surface area contributed by atoms with Crippen LogP contribution in [0.2, 0.25) is 5.02 Å². The van der Waals surface area contributed by atoms with Gasteiger partial charge in [0, 0.05) is 23.8 Å². The largest absolute Gasteiger partial charge is 0.329 e. The van der Waals surface area contributed by atoms with Crippen molar-refractivity contribution in [2.24, 2.45) is 4.99 Å². The zero-order valence-corrected chi connectivity index (χ0v) is 11.2. The lowest BCUT2D eigenvalue weighted by Crippen LogP contribution is -2.41. The molecule has 0 bridgehead atoms. The Morgan fingerprint density at radius 2 is 1.78 bits per heavy atom. The lowest BCUT2D eigenvalue weighted by molar-refractivity contribution is 0.177. The van der Waals surface area contributed by atoms with E-state index >= 15 is 0 Å². The normalized spacial score (nSPS) is 24.7. The number of anilines is 1. The molecule has 18 heavy (non-hydrogen) atoms. The maximum atomic E-state index is 5.91. The Kier molecular flexibility index (Phi) is 3.52. The molecule has 1 aromatic carbocycles. The van der Waals surface area contributed by atoms with Crippen LogP contribution in [-0.4, -0.2) is 37.0 Å². The summed E-state index contributed by atoms with van der Waals surface area (Å²) in [6.45, 7) is 3.34. The van der Waals surface area contributed by atoms with Gasteiger partial charge in [0.1, 0.15) is 6.17 Å². The summed E-state index contributed by atoms with van der Waals surface area (Å²) in [5, 5.41) is 0.780. The van der Waals surface area contributed by atoms with Crippen LogP contribution in [0.25, 0.3) is 0 Å². The number of likely N-dealkylation sites (tertiary alicyclic amines) is 1. The fourth-order valence-corrected chi connectivity index (χ4v) is 2.78. The van der Waals surface area contributed by atoms with E-state index < -0.39 is 0 Å². The van der Waals surface area contributed by atoms with E-state index in [1.807, 2.05) is 30.6 Å². The van der Waals surface area contributed by atoms with Crippen LogP contribution in [0.15, 0.2) is 29.3 Å². The van der Waals surface area contributed by atoms with Gasteiger partial charge in [0.05, 0.1) is 12.9 Å². The first-order chi connectivity index (χ1) is 8.83. The number of nitrogens with zero attached hydrogens (tertiary/aromatic N) is 3. The predicted molar refractivity (Wildman–Crippen MR) is 76.5 cm³/mol.